The third kappa shape index (κ3) is 9.75. The van der Waals surface area contributed by atoms with E-state index in [0.29, 0.717) is 0 Å². The van der Waals surface area contributed by atoms with Crippen LogP contribution in [0.25, 0.3) is 0 Å². The van der Waals surface area contributed by atoms with Crippen molar-refractivity contribution in [3.05, 3.63) is 23.0 Å². The molecule has 0 aliphatic carbocycles. The second-order valence-electron chi connectivity index (χ2n) is 3.51. The van der Waals surface area contributed by atoms with E-state index in [4.69, 9.17) is 0 Å². The molecule has 0 saturated carbocycles. The number of hydrogen-bond donors (Lipinski definition) is 0. The van der Waals surface area contributed by atoms with Gasteiger partial charge in [0.25, 0.3) is 0 Å². The van der Waals surface area contributed by atoms with E-state index in [-0.39, 0.29) is 0 Å². The summed E-state index contributed by atoms with van der Waals surface area (Å²) in [6.45, 7) is 12.2. The summed E-state index contributed by atoms with van der Waals surface area (Å²) in [5.41, 5.74) is 0. The highest BCUT2D eigenvalue weighted by atomic mass is 32.2. The molecule has 0 bridgehead atoms. The van der Waals surface area contributed by atoms with Crippen molar-refractivity contribution >= 4 is 11.8 Å². The molecule has 0 aromatic heterocycles. The quantitative estimate of drug-likeness (QED) is 0.487. The van der Waals surface area contributed by atoms with Gasteiger partial charge in [-0.05, 0) is 29.6 Å². The van der Waals surface area contributed by atoms with Gasteiger partial charge in [-0.2, -0.15) is 0 Å². The van der Waals surface area contributed by atoms with Crippen molar-refractivity contribution in [2.24, 2.45) is 0 Å². The summed E-state index contributed by atoms with van der Waals surface area (Å²) in [4.78, 5) is 2.42. The Labute approximate surface area is 87.5 Å². The van der Waals surface area contributed by atoms with Crippen molar-refractivity contribution in [1.29, 1.82) is 0 Å². The van der Waals surface area contributed by atoms with Crippen molar-refractivity contribution in [2.45, 2.75) is 52.4 Å². The molecule has 0 unspecified atom stereocenters. The van der Waals surface area contributed by atoms with Crippen LogP contribution >= 0.6 is 11.8 Å². The molecule has 0 aliphatic rings. The molecule has 0 N–H and O–H groups in total. The molecule has 76 valence electrons. The predicted molar refractivity (Wildman–Crippen MR) is 64.9 cm³/mol. The molecule has 0 heterocycles. The average Bonchev–Trinajstić information content (AvgIpc) is 2.02. The van der Waals surface area contributed by atoms with Gasteiger partial charge in [0, 0.05) is 0 Å². The standard InChI is InChI=1S/C12H22S/c1-5-6-7-8-9-10-12(4)13-11(2)3/h2,4-10H2,1,3H3. The largest absolute Gasteiger partial charge is 0.101 e. The molecule has 0 amide bonds. The van der Waals surface area contributed by atoms with Gasteiger partial charge >= 0.3 is 0 Å². The number of allylic oxidation sites excluding steroid dienone is 2. The van der Waals surface area contributed by atoms with Gasteiger partial charge in [0.1, 0.15) is 0 Å². The van der Waals surface area contributed by atoms with Gasteiger partial charge < -0.3 is 0 Å². The molecule has 0 atom stereocenters. The van der Waals surface area contributed by atoms with Gasteiger partial charge in [-0.3, -0.25) is 0 Å². The molecular formula is C12H22S. The maximum absolute atomic E-state index is 4.01. The average molecular weight is 198 g/mol. The number of rotatable bonds is 8. The Kier molecular flexibility index (Phi) is 8.32. The molecule has 0 spiro atoms. The number of unbranched alkanes of at least 4 members (excludes halogenated alkanes) is 4. The Bertz CT molecular complexity index is 159. The minimum Gasteiger partial charge on any atom is -0.101 e. The second kappa shape index (κ2) is 8.43. The van der Waals surface area contributed by atoms with Crippen LogP contribution in [0.3, 0.4) is 0 Å². The molecule has 0 rings (SSSR count). The summed E-state index contributed by atoms with van der Waals surface area (Å²) in [5, 5.41) is 0. The maximum Gasteiger partial charge on any atom is -0.0178 e. The highest BCUT2D eigenvalue weighted by Crippen LogP contribution is 2.26. The lowest BCUT2D eigenvalue weighted by molar-refractivity contribution is 0.636. The van der Waals surface area contributed by atoms with E-state index in [1.807, 2.05) is 6.92 Å². The lowest BCUT2D eigenvalue weighted by atomic mass is 10.1. The van der Waals surface area contributed by atoms with Crippen molar-refractivity contribution < 1.29 is 0 Å². The van der Waals surface area contributed by atoms with Crippen LogP contribution in [0.15, 0.2) is 23.0 Å². The van der Waals surface area contributed by atoms with E-state index >= 15 is 0 Å². The summed E-state index contributed by atoms with van der Waals surface area (Å²) in [7, 11) is 0. The van der Waals surface area contributed by atoms with Crippen LogP contribution in [-0.4, -0.2) is 0 Å². The molecule has 0 aromatic carbocycles. The summed E-state index contributed by atoms with van der Waals surface area (Å²) in [6, 6.07) is 0. The first-order valence-corrected chi connectivity index (χ1v) is 5.99. The fourth-order valence-corrected chi connectivity index (χ4v) is 1.96. The van der Waals surface area contributed by atoms with Gasteiger partial charge in [-0.1, -0.05) is 45.8 Å². The molecule has 0 aliphatic heterocycles. The normalized spacial score (nSPS) is 10.0. The van der Waals surface area contributed by atoms with Crippen molar-refractivity contribution in [1.82, 2.24) is 0 Å². The van der Waals surface area contributed by atoms with E-state index < -0.39 is 0 Å². The van der Waals surface area contributed by atoms with Gasteiger partial charge in [-0.15, -0.1) is 11.8 Å². The lowest BCUT2D eigenvalue weighted by Gasteiger charge is -2.04. The topological polar surface area (TPSA) is 0 Å². The minimum absolute atomic E-state index is 1.15. The number of hydrogen-bond acceptors (Lipinski definition) is 1. The lowest BCUT2D eigenvalue weighted by Crippen LogP contribution is -1.80. The Hall–Kier alpha value is -0.170. The zero-order valence-corrected chi connectivity index (χ0v) is 9.88. The molecule has 0 fully saturated rings. The zero-order valence-electron chi connectivity index (χ0n) is 9.07. The van der Waals surface area contributed by atoms with Crippen LogP contribution in [0.4, 0.5) is 0 Å². The summed E-state index contributed by atoms with van der Waals surface area (Å²) >= 11 is 1.73. The van der Waals surface area contributed by atoms with Crippen molar-refractivity contribution in [3.8, 4) is 0 Å². The van der Waals surface area contributed by atoms with Crippen LogP contribution in [0, 0.1) is 0 Å². The zero-order chi connectivity index (χ0) is 10.1. The van der Waals surface area contributed by atoms with Crippen molar-refractivity contribution in [3.63, 3.8) is 0 Å². The fourth-order valence-electron chi connectivity index (χ4n) is 1.22. The fraction of sp³-hybridized carbons (Fsp3) is 0.667. The van der Waals surface area contributed by atoms with Crippen LogP contribution in [-0.2, 0) is 0 Å². The maximum atomic E-state index is 4.01. The Morgan fingerprint density at radius 2 is 1.69 bits per heavy atom. The third-order valence-corrected chi connectivity index (χ3v) is 2.72. The second-order valence-corrected chi connectivity index (χ2v) is 4.99. The van der Waals surface area contributed by atoms with E-state index in [9.17, 15) is 0 Å². The predicted octanol–water partition coefficient (Wildman–Crippen LogP) is 5.13. The first-order chi connectivity index (χ1) is 6.16. The van der Waals surface area contributed by atoms with Gasteiger partial charge in [0.05, 0.1) is 0 Å². The van der Waals surface area contributed by atoms with Crippen LogP contribution < -0.4 is 0 Å². The SMILES string of the molecule is C=C(C)SC(=C)CCCCCCC. The summed E-state index contributed by atoms with van der Waals surface area (Å²) in [6.07, 6.45) is 7.87. The molecule has 0 radical (unpaired) electrons. The Morgan fingerprint density at radius 3 is 2.23 bits per heavy atom. The van der Waals surface area contributed by atoms with E-state index in [2.05, 4.69) is 20.1 Å². The monoisotopic (exact) mass is 198 g/mol. The molecule has 0 aromatic rings. The van der Waals surface area contributed by atoms with Gasteiger partial charge in [0.2, 0.25) is 0 Å². The van der Waals surface area contributed by atoms with Crippen LogP contribution in [0.5, 0.6) is 0 Å². The highest BCUT2D eigenvalue weighted by Gasteiger charge is 1.95. The molecule has 1 heteroatoms. The summed E-state index contributed by atoms with van der Waals surface area (Å²) < 4.78 is 0. The highest BCUT2D eigenvalue weighted by molar-refractivity contribution is 8.06. The smallest absolute Gasteiger partial charge is 0.0178 e. The summed E-state index contributed by atoms with van der Waals surface area (Å²) in [5.74, 6) is 0. The molecule has 13 heavy (non-hydrogen) atoms. The van der Waals surface area contributed by atoms with Crippen LogP contribution in [0.2, 0.25) is 0 Å². The first kappa shape index (κ1) is 12.8. The van der Waals surface area contributed by atoms with E-state index in [1.54, 1.807) is 11.8 Å². The van der Waals surface area contributed by atoms with E-state index in [1.165, 1.54) is 37.0 Å². The number of thioether (sulfide) groups is 1. The molecule has 0 nitrogen and oxygen atoms in total. The van der Waals surface area contributed by atoms with E-state index in [0.717, 1.165) is 11.3 Å². The van der Waals surface area contributed by atoms with Gasteiger partial charge in [0.15, 0.2) is 0 Å². The van der Waals surface area contributed by atoms with Gasteiger partial charge in [-0.25, -0.2) is 0 Å². The van der Waals surface area contributed by atoms with Crippen LogP contribution in [0.1, 0.15) is 52.4 Å². The molecular weight excluding hydrogens is 176 g/mol. The van der Waals surface area contributed by atoms with Crippen molar-refractivity contribution in [2.75, 3.05) is 0 Å². The third-order valence-electron chi connectivity index (χ3n) is 1.88. The Morgan fingerprint density at radius 1 is 1.08 bits per heavy atom. The minimum atomic E-state index is 1.15. The Balaban J connectivity index is 3.22. The first-order valence-electron chi connectivity index (χ1n) is 5.18. The molecule has 0 saturated heterocycles.